The monoisotopic (exact) mass is 550 g/mol. The fourth-order valence-corrected chi connectivity index (χ4v) is 3.63. The first-order valence-corrected chi connectivity index (χ1v) is 10.7. The molecule has 2 heterocycles. The number of nitrogens with zero attached hydrogens (tertiary/aromatic N) is 6. The van der Waals surface area contributed by atoms with Gasteiger partial charge in [0, 0.05) is 37.6 Å². The number of rotatable bonds is 8. The van der Waals surface area contributed by atoms with E-state index < -0.39 is 0 Å². The number of para-hydroxylation sites is 1. The number of guanidine groups is 1. The lowest BCUT2D eigenvalue weighted by Crippen LogP contribution is -2.41. The Balaban J connectivity index is 0.00000363. The molecule has 3 rings (SSSR count). The highest BCUT2D eigenvalue weighted by Gasteiger charge is 2.16. The number of aromatic nitrogens is 4. The fourth-order valence-electron chi connectivity index (χ4n) is 3.63. The number of benzene rings is 1. The summed E-state index contributed by atoms with van der Waals surface area (Å²) in [6.45, 7) is 8.25. The van der Waals surface area contributed by atoms with Gasteiger partial charge in [0.1, 0.15) is 0 Å². The van der Waals surface area contributed by atoms with E-state index >= 15 is 0 Å². The first kappa shape index (κ1) is 25.9. The molecule has 0 spiro atoms. The molecule has 0 amide bonds. The molecular weight excluding hydrogens is 515 g/mol. The van der Waals surface area contributed by atoms with Crippen molar-refractivity contribution in [3.8, 4) is 5.69 Å². The van der Waals surface area contributed by atoms with Crippen LogP contribution in [0.4, 0.5) is 0 Å². The fraction of sp³-hybridized carbons (Fsp3) is 0.435. The zero-order valence-electron chi connectivity index (χ0n) is 19.8. The maximum Gasteiger partial charge on any atom is 0.191 e. The van der Waals surface area contributed by atoms with Gasteiger partial charge in [0.2, 0.25) is 0 Å². The van der Waals surface area contributed by atoms with Crippen molar-refractivity contribution in [3.63, 3.8) is 0 Å². The molecule has 32 heavy (non-hydrogen) atoms. The summed E-state index contributed by atoms with van der Waals surface area (Å²) >= 11 is 0. The van der Waals surface area contributed by atoms with Crippen LogP contribution in [0, 0.1) is 13.8 Å². The lowest BCUT2D eigenvalue weighted by Gasteiger charge is -2.24. The third-order valence-corrected chi connectivity index (χ3v) is 5.18. The first-order valence-electron chi connectivity index (χ1n) is 10.7. The number of aryl methyl sites for hydroxylation is 3. The van der Waals surface area contributed by atoms with Gasteiger partial charge in [-0.25, -0.2) is 9.67 Å². The van der Waals surface area contributed by atoms with Crippen molar-refractivity contribution in [2.75, 3.05) is 27.2 Å². The van der Waals surface area contributed by atoms with Crippen LogP contribution in [0.5, 0.6) is 0 Å². The van der Waals surface area contributed by atoms with Gasteiger partial charge in [-0.1, -0.05) is 18.2 Å². The van der Waals surface area contributed by atoms with Gasteiger partial charge in [0.25, 0.3) is 0 Å². The molecule has 0 aliphatic carbocycles. The second-order valence-electron chi connectivity index (χ2n) is 7.97. The molecule has 1 aromatic carbocycles. The topological polar surface area (TPSA) is 75.3 Å². The predicted octanol–water partition coefficient (Wildman–Crippen LogP) is 3.20. The van der Waals surface area contributed by atoms with E-state index in [1.807, 2.05) is 41.7 Å². The lowest BCUT2D eigenvalue weighted by atomic mass is 10.1. The van der Waals surface area contributed by atoms with Crippen LogP contribution in [0.2, 0.25) is 0 Å². The Morgan fingerprint density at radius 2 is 1.94 bits per heavy atom. The minimum Gasteiger partial charge on any atom is -0.357 e. The van der Waals surface area contributed by atoms with E-state index in [-0.39, 0.29) is 30.0 Å². The number of nitrogens with one attached hydrogen (secondary N) is 2. The Bertz CT molecular complexity index is 1020. The first-order chi connectivity index (χ1) is 14.9. The van der Waals surface area contributed by atoms with Gasteiger partial charge in [-0.3, -0.25) is 4.68 Å². The summed E-state index contributed by atoms with van der Waals surface area (Å²) in [4.78, 5) is 7.04. The molecule has 2 N–H and O–H groups in total. The normalized spacial score (nSPS) is 12.5. The van der Waals surface area contributed by atoms with Crippen LogP contribution >= 0.6 is 24.0 Å². The summed E-state index contributed by atoms with van der Waals surface area (Å²) in [5.41, 5.74) is 5.49. The molecule has 0 fully saturated rings. The van der Waals surface area contributed by atoms with Gasteiger partial charge >= 0.3 is 0 Å². The average Bonchev–Trinajstić information content (AvgIpc) is 3.30. The molecule has 0 saturated heterocycles. The lowest BCUT2D eigenvalue weighted by molar-refractivity contribution is 0.298. The highest BCUT2D eigenvalue weighted by molar-refractivity contribution is 14.0. The highest BCUT2D eigenvalue weighted by Crippen LogP contribution is 2.18. The Morgan fingerprint density at radius 3 is 2.53 bits per heavy atom. The molecule has 8 nitrogen and oxygen atoms in total. The maximum absolute atomic E-state index is 4.85. The van der Waals surface area contributed by atoms with Crippen molar-refractivity contribution in [3.05, 3.63) is 65.2 Å². The molecular formula is C23H35IN8. The van der Waals surface area contributed by atoms with Crippen LogP contribution in [-0.4, -0.2) is 57.6 Å². The van der Waals surface area contributed by atoms with E-state index in [1.165, 1.54) is 5.56 Å². The Hall–Kier alpha value is -2.40. The van der Waals surface area contributed by atoms with Gasteiger partial charge in [-0.05, 0) is 52.6 Å². The van der Waals surface area contributed by atoms with Crippen molar-refractivity contribution in [2.24, 2.45) is 12.0 Å². The van der Waals surface area contributed by atoms with Crippen LogP contribution in [0.15, 0.2) is 47.7 Å². The zero-order chi connectivity index (χ0) is 22.4. The third kappa shape index (κ3) is 6.55. The van der Waals surface area contributed by atoms with Crippen molar-refractivity contribution >= 4 is 29.9 Å². The third-order valence-electron chi connectivity index (χ3n) is 5.18. The Morgan fingerprint density at radius 1 is 1.19 bits per heavy atom. The van der Waals surface area contributed by atoms with Gasteiger partial charge in [0.05, 0.1) is 30.2 Å². The quantitative estimate of drug-likeness (QED) is 0.256. The van der Waals surface area contributed by atoms with E-state index in [0.717, 1.165) is 41.7 Å². The molecule has 174 valence electrons. The van der Waals surface area contributed by atoms with Crippen molar-refractivity contribution in [1.82, 2.24) is 35.1 Å². The summed E-state index contributed by atoms with van der Waals surface area (Å²) in [5, 5.41) is 15.8. The van der Waals surface area contributed by atoms with Crippen LogP contribution in [-0.2, 0) is 13.6 Å². The number of aliphatic imine (C=N–C) groups is 1. The van der Waals surface area contributed by atoms with E-state index in [1.54, 1.807) is 0 Å². The molecule has 1 unspecified atom stereocenters. The molecule has 0 radical (unpaired) electrons. The SMILES string of the molecule is CCNC(=NCc1ccccc1-n1nc(C)cc1C)NCC(c1cnn(C)c1)N(C)C.I. The van der Waals surface area contributed by atoms with Crippen LogP contribution in [0.25, 0.3) is 5.69 Å². The number of likely N-dealkylation sites (N-methyl/N-ethyl adjacent to an activating group) is 1. The smallest absolute Gasteiger partial charge is 0.191 e. The number of hydrogen-bond donors (Lipinski definition) is 2. The summed E-state index contributed by atoms with van der Waals surface area (Å²) in [5.74, 6) is 0.793. The largest absolute Gasteiger partial charge is 0.357 e. The van der Waals surface area contributed by atoms with Gasteiger partial charge in [0.15, 0.2) is 5.96 Å². The molecule has 3 aromatic rings. The second kappa shape index (κ2) is 12.0. The van der Waals surface area contributed by atoms with E-state index in [9.17, 15) is 0 Å². The van der Waals surface area contributed by atoms with Gasteiger partial charge in [-0.2, -0.15) is 10.2 Å². The molecule has 2 aromatic heterocycles. The van der Waals surface area contributed by atoms with Crippen LogP contribution in [0.1, 0.15) is 35.5 Å². The van der Waals surface area contributed by atoms with Crippen LogP contribution in [0.3, 0.4) is 0 Å². The zero-order valence-corrected chi connectivity index (χ0v) is 22.2. The minimum atomic E-state index is 0. The minimum absolute atomic E-state index is 0. The van der Waals surface area contributed by atoms with Crippen LogP contribution < -0.4 is 10.6 Å². The predicted molar refractivity (Wildman–Crippen MR) is 141 cm³/mol. The maximum atomic E-state index is 4.85. The van der Waals surface area contributed by atoms with E-state index in [2.05, 4.69) is 78.1 Å². The van der Waals surface area contributed by atoms with Crippen molar-refractivity contribution in [1.29, 1.82) is 0 Å². The summed E-state index contributed by atoms with van der Waals surface area (Å²) in [6, 6.07) is 10.6. The average molecular weight is 550 g/mol. The second-order valence-corrected chi connectivity index (χ2v) is 7.97. The summed E-state index contributed by atoms with van der Waals surface area (Å²) in [7, 11) is 6.09. The van der Waals surface area contributed by atoms with E-state index in [4.69, 9.17) is 4.99 Å². The van der Waals surface area contributed by atoms with Gasteiger partial charge < -0.3 is 15.5 Å². The van der Waals surface area contributed by atoms with E-state index in [0.29, 0.717) is 6.54 Å². The molecule has 0 aliphatic heterocycles. The molecule has 9 heteroatoms. The standard InChI is InChI=1S/C23H34N8.HI/c1-7-24-23(26-15-22(29(4)5)20-14-27-30(6)16-20)25-13-19-10-8-9-11-21(19)31-18(3)12-17(2)28-31;/h8-12,14,16,22H,7,13,15H2,1-6H3,(H2,24,25,26);1H. The number of hydrogen-bond acceptors (Lipinski definition) is 4. The molecule has 0 saturated carbocycles. The Labute approximate surface area is 208 Å². The van der Waals surface area contributed by atoms with Gasteiger partial charge in [-0.15, -0.1) is 24.0 Å². The summed E-state index contributed by atoms with van der Waals surface area (Å²) < 4.78 is 3.83. The summed E-state index contributed by atoms with van der Waals surface area (Å²) in [6.07, 6.45) is 3.97. The molecule has 1 atom stereocenters. The Kier molecular flexibility index (Phi) is 9.70. The van der Waals surface area contributed by atoms with Crippen molar-refractivity contribution < 1.29 is 0 Å². The van der Waals surface area contributed by atoms with Crippen molar-refractivity contribution in [2.45, 2.75) is 33.4 Å². The number of halogens is 1. The molecule has 0 aliphatic rings. The highest BCUT2D eigenvalue weighted by atomic mass is 127. The molecule has 0 bridgehead atoms.